The van der Waals surface area contributed by atoms with E-state index in [-0.39, 0.29) is 18.6 Å². The van der Waals surface area contributed by atoms with Crippen LogP contribution in [0.25, 0.3) is 22.6 Å². The van der Waals surface area contributed by atoms with Gasteiger partial charge in [-0.1, -0.05) is 24.3 Å². The van der Waals surface area contributed by atoms with E-state index in [1.54, 1.807) is 14.2 Å². The molecule has 7 heteroatoms. The van der Waals surface area contributed by atoms with Crippen LogP contribution >= 0.6 is 0 Å². The molecular formula is C28H30N2O5. The van der Waals surface area contributed by atoms with Gasteiger partial charge in [-0.15, -0.1) is 0 Å². The molecule has 3 aromatic rings. The maximum absolute atomic E-state index is 13.3. The molecule has 0 aliphatic heterocycles. The van der Waals surface area contributed by atoms with Crippen LogP contribution in [0.5, 0.6) is 11.5 Å². The first-order valence-corrected chi connectivity index (χ1v) is 11.7. The smallest absolute Gasteiger partial charge is 0.339 e. The van der Waals surface area contributed by atoms with Crippen molar-refractivity contribution in [2.24, 2.45) is 0 Å². The number of hydrogen-bond acceptors (Lipinski definition) is 6. The topological polar surface area (TPSA) is 86.8 Å². The van der Waals surface area contributed by atoms with Crippen LogP contribution in [-0.4, -0.2) is 43.7 Å². The Kier molecular flexibility index (Phi) is 7.34. The number of para-hydroxylation sites is 1. The highest BCUT2D eigenvalue weighted by atomic mass is 16.5. The second-order valence-corrected chi connectivity index (χ2v) is 8.77. The van der Waals surface area contributed by atoms with Crippen molar-refractivity contribution < 1.29 is 23.8 Å². The Morgan fingerprint density at radius 2 is 1.83 bits per heavy atom. The number of pyridine rings is 1. The number of aromatic nitrogens is 1. The summed E-state index contributed by atoms with van der Waals surface area (Å²) in [7, 11) is 3.22. The number of carbonyl (C=O) groups excluding carboxylic acids is 2. The van der Waals surface area contributed by atoms with E-state index in [1.807, 2.05) is 56.3 Å². The number of ether oxygens (including phenoxy) is 3. The Hall–Kier alpha value is -3.87. The highest BCUT2D eigenvalue weighted by Gasteiger charge is 2.26. The molecule has 4 rings (SSSR count). The van der Waals surface area contributed by atoms with E-state index in [0.29, 0.717) is 29.0 Å². The van der Waals surface area contributed by atoms with E-state index in [1.165, 1.54) is 0 Å². The van der Waals surface area contributed by atoms with Gasteiger partial charge in [0.2, 0.25) is 0 Å². The van der Waals surface area contributed by atoms with Crippen LogP contribution in [0.15, 0.2) is 42.5 Å². The van der Waals surface area contributed by atoms with Crippen molar-refractivity contribution in [1.82, 2.24) is 10.3 Å². The van der Waals surface area contributed by atoms with Crippen LogP contribution in [0.3, 0.4) is 0 Å². The molecule has 1 aliphatic carbocycles. The molecule has 2 aromatic carbocycles. The summed E-state index contributed by atoms with van der Waals surface area (Å²) in [6.07, 6.45) is 4.49. The Morgan fingerprint density at radius 1 is 1.06 bits per heavy atom. The minimum absolute atomic E-state index is 0.0278. The van der Waals surface area contributed by atoms with E-state index in [0.717, 1.165) is 40.6 Å². The fourth-order valence-corrected chi connectivity index (χ4v) is 4.42. The number of fused-ring (bicyclic) bond motifs is 2. The molecule has 1 heterocycles. The van der Waals surface area contributed by atoms with Crippen molar-refractivity contribution in [3.05, 3.63) is 64.8 Å². The summed E-state index contributed by atoms with van der Waals surface area (Å²) in [4.78, 5) is 30.3. The molecule has 1 N–H and O–H groups in total. The normalized spacial score (nSPS) is 14.0. The third kappa shape index (κ3) is 5.29. The van der Waals surface area contributed by atoms with E-state index in [4.69, 9.17) is 19.2 Å². The fraction of sp³-hybridized carbons (Fsp3) is 0.321. The summed E-state index contributed by atoms with van der Waals surface area (Å²) < 4.78 is 16.2. The number of allylic oxidation sites excluding steroid dienone is 1. The van der Waals surface area contributed by atoms with Crippen molar-refractivity contribution in [3.8, 4) is 11.5 Å². The number of esters is 1. The van der Waals surface area contributed by atoms with Gasteiger partial charge in [-0.05, 0) is 74.1 Å². The molecule has 35 heavy (non-hydrogen) atoms. The monoisotopic (exact) mass is 474 g/mol. The van der Waals surface area contributed by atoms with Gasteiger partial charge in [0.25, 0.3) is 5.91 Å². The molecule has 1 amide bonds. The first-order chi connectivity index (χ1) is 16.9. The van der Waals surface area contributed by atoms with E-state index >= 15 is 0 Å². The molecule has 0 radical (unpaired) electrons. The van der Waals surface area contributed by atoms with Crippen molar-refractivity contribution in [2.75, 3.05) is 20.8 Å². The van der Waals surface area contributed by atoms with Crippen molar-refractivity contribution in [3.63, 3.8) is 0 Å². The van der Waals surface area contributed by atoms with Crippen LogP contribution in [0, 0.1) is 0 Å². The van der Waals surface area contributed by atoms with E-state index in [2.05, 4.69) is 11.4 Å². The molecule has 0 bridgehead atoms. The molecule has 7 nitrogen and oxygen atoms in total. The number of methoxy groups -OCH3 is 2. The SMILES string of the molecule is COc1ccc(/C=C2\CCCc3c2nc2ccccc2c3C(=O)OCC(=O)NC(C)C)cc1OC. The number of amides is 1. The van der Waals surface area contributed by atoms with E-state index < -0.39 is 5.97 Å². The molecule has 1 aromatic heterocycles. The molecule has 1 aliphatic rings. The lowest BCUT2D eigenvalue weighted by Crippen LogP contribution is -2.34. The van der Waals surface area contributed by atoms with Gasteiger partial charge >= 0.3 is 5.97 Å². The Labute approximate surface area is 205 Å². The lowest BCUT2D eigenvalue weighted by Gasteiger charge is -2.22. The first-order valence-electron chi connectivity index (χ1n) is 11.7. The maximum atomic E-state index is 13.3. The Morgan fingerprint density at radius 3 is 2.57 bits per heavy atom. The number of benzene rings is 2. The second kappa shape index (κ2) is 10.6. The Bertz CT molecular complexity index is 1300. The quantitative estimate of drug-likeness (QED) is 0.495. The third-order valence-electron chi connectivity index (χ3n) is 5.91. The molecule has 0 saturated carbocycles. The summed E-state index contributed by atoms with van der Waals surface area (Å²) >= 11 is 0. The fourth-order valence-electron chi connectivity index (χ4n) is 4.42. The average molecular weight is 475 g/mol. The number of nitrogens with one attached hydrogen (secondary N) is 1. The first kappa shape index (κ1) is 24.3. The van der Waals surface area contributed by atoms with Gasteiger partial charge in [0.1, 0.15) is 0 Å². The maximum Gasteiger partial charge on any atom is 0.339 e. The zero-order valence-corrected chi connectivity index (χ0v) is 20.5. The van der Waals surface area contributed by atoms with Gasteiger partial charge in [-0.2, -0.15) is 0 Å². The third-order valence-corrected chi connectivity index (χ3v) is 5.91. The second-order valence-electron chi connectivity index (χ2n) is 8.77. The summed E-state index contributed by atoms with van der Waals surface area (Å²) in [5.74, 6) is 0.475. The summed E-state index contributed by atoms with van der Waals surface area (Å²) in [6, 6.07) is 13.3. The number of rotatable bonds is 7. The van der Waals surface area contributed by atoms with Gasteiger partial charge in [-0.25, -0.2) is 9.78 Å². The summed E-state index contributed by atoms with van der Waals surface area (Å²) in [6.45, 7) is 3.40. The predicted molar refractivity (Wildman–Crippen MR) is 136 cm³/mol. The molecule has 0 spiro atoms. The lowest BCUT2D eigenvalue weighted by molar-refractivity contribution is -0.124. The molecule has 0 saturated heterocycles. The number of nitrogens with zero attached hydrogens (tertiary/aromatic N) is 1. The molecule has 0 unspecified atom stereocenters. The standard InChI is InChI=1S/C28H30N2O5/c1-17(2)29-25(31)16-35-28(32)26-20-9-5-6-11-22(20)30-27-19(8-7-10-21(26)27)14-18-12-13-23(33-3)24(15-18)34-4/h5-6,9,11-15,17H,7-8,10,16H2,1-4H3,(H,29,31)/b19-14+. The summed E-state index contributed by atoms with van der Waals surface area (Å²) in [5.41, 5.74) is 4.84. The van der Waals surface area contributed by atoms with Crippen molar-refractivity contribution in [2.45, 2.75) is 39.2 Å². The predicted octanol–water partition coefficient (Wildman–Crippen LogP) is 4.81. The molecular weight excluding hydrogens is 444 g/mol. The average Bonchev–Trinajstić information content (AvgIpc) is 2.85. The zero-order chi connectivity index (χ0) is 24.9. The minimum Gasteiger partial charge on any atom is -0.493 e. The zero-order valence-electron chi connectivity index (χ0n) is 20.5. The van der Waals surface area contributed by atoms with Gasteiger partial charge in [0, 0.05) is 11.4 Å². The highest BCUT2D eigenvalue weighted by Crippen LogP contribution is 2.37. The molecule has 182 valence electrons. The summed E-state index contributed by atoms with van der Waals surface area (Å²) in [5, 5.41) is 3.47. The van der Waals surface area contributed by atoms with Crippen molar-refractivity contribution in [1.29, 1.82) is 0 Å². The minimum atomic E-state index is -0.508. The van der Waals surface area contributed by atoms with Gasteiger partial charge in [0.05, 0.1) is 31.0 Å². The molecule has 0 atom stereocenters. The highest BCUT2D eigenvalue weighted by molar-refractivity contribution is 6.07. The Balaban J connectivity index is 1.76. The lowest BCUT2D eigenvalue weighted by atomic mass is 9.86. The number of carbonyl (C=O) groups is 2. The molecule has 0 fully saturated rings. The van der Waals surface area contributed by atoms with Crippen molar-refractivity contribution >= 4 is 34.4 Å². The van der Waals surface area contributed by atoms with Crippen LogP contribution in [0.2, 0.25) is 0 Å². The van der Waals surface area contributed by atoms with Crippen LogP contribution < -0.4 is 14.8 Å². The van der Waals surface area contributed by atoms with Gasteiger partial charge in [0.15, 0.2) is 18.1 Å². The largest absolute Gasteiger partial charge is 0.493 e. The van der Waals surface area contributed by atoms with Crippen LogP contribution in [0.1, 0.15) is 53.9 Å². The van der Waals surface area contributed by atoms with Gasteiger partial charge in [-0.3, -0.25) is 4.79 Å². The van der Waals surface area contributed by atoms with E-state index in [9.17, 15) is 9.59 Å². The van der Waals surface area contributed by atoms with Gasteiger partial charge < -0.3 is 19.5 Å². The van der Waals surface area contributed by atoms with Crippen LogP contribution in [-0.2, 0) is 16.0 Å². The number of hydrogen-bond donors (Lipinski definition) is 1. The van der Waals surface area contributed by atoms with Crippen LogP contribution in [0.4, 0.5) is 0 Å².